The summed E-state index contributed by atoms with van der Waals surface area (Å²) in [6.45, 7) is 5.37. The fourth-order valence-electron chi connectivity index (χ4n) is 2.27. The third kappa shape index (κ3) is 3.21. The number of hydrogen-bond donors (Lipinski definition) is 1. The standard InChI is InChI=1S/C15H23NOS/c1-11(2)9-18-10-14(16-3)13-6-4-5-12-7-8-17-15(12)13/h4-6,11,14,16H,7-10H2,1-3H3. The second-order valence-electron chi connectivity index (χ2n) is 5.21. The van der Waals surface area contributed by atoms with Crippen molar-refractivity contribution in [2.24, 2.45) is 5.92 Å². The topological polar surface area (TPSA) is 21.3 Å². The Bertz CT molecular complexity index is 392. The Hall–Kier alpha value is -0.670. The number of hydrogen-bond acceptors (Lipinski definition) is 3. The van der Waals surface area contributed by atoms with E-state index in [2.05, 4.69) is 37.4 Å². The molecule has 1 aliphatic rings. The monoisotopic (exact) mass is 265 g/mol. The summed E-state index contributed by atoms with van der Waals surface area (Å²) in [7, 11) is 2.04. The van der Waals surface area contributed by atoms with Gasteiger partial charge in [-0.25, -0.2) is 0 Å². The van der Waals surface area contributed by atoms with Gasteiger partial charge in [-0.2, -0.15) is 11.8 Å². The highest BCUT2D eigenvalue weighted by atomic mass is 32.2. The number of ether oxygens (including phenoxy) is 1. The third-order valence-electron chi connectivity index (χ3n) is 3.20. The molecule has 2 nitrogen and oxygen atoms in total. The molecular formula is C15H23NOS. The molecule has 0 saturated carbocycles. The van der Waals surface area contributed by atoms with E-state index in [-0.39, 0.29) is 0 Å². The van der Waals surface area contributed by atoms with Crippen molar-refractivity contribution in [1.82, 2.24) is 5.32 Å². The van der Waals surface area contributed by atoms with Gasteiger partial charge in [0, 0.05) is 23.8 Å². The van der Waals surface area contributed by atoms with Crippen molar-refractivity contribution in [3.05, 3.63) is 29.3 Å². The van der Waals surface area contributed by atoms with Crippen molar-refractivity contribution in [1.29, 1.82) is 0 Å². The van der Waals surface area contributed by atoms with Crippen LogP contribution in [0.1, 0.15) is 31.0 Å². The quantitative estimate of drug-likeness (QED) is 0.853. The molecule has 1 aliphatic heterocycles. The first kappa shape index (κ1) is 13.8. The maximum absolute atomic E-state index is 5.79. The van der Waals surface area contributed by atoms with Crippen LogP contribution in [0.15, 0.2) is 18.2 Å². The molecule has 2 rings (SSSR count). The Kier molecular flexibility index (Phi) is 4.95. The molecule has 18 heavy (non-hydrogen) atoms. The van der Waals surface area contributed by atoms with Crippen molar-refractivity contribution < 1.29 is 4.74 Å². The minimum atomic E-state index is 0.391. The van der Waals surface area contributed by atoms with E-state index in [1.54, 1.807) is 0 Å². The van der Waals surface area contributed by atoms with Gasteiger partial charge in [0.25, 0.3) is 0 Å². The Labute approximate surface area is 114 Å². The van der Waals surface area contributed by atoms with Gasteiger partial charge in [-0.05, 0) is 24.3 Å². The molecule has 0 amide bonds. The SMILES string of the molecule is CNC(CSCC(C)C)c1cccc2c1OCC2. The lowest BCUT2D eigenvalue weighted by atomic mass is 10.0. The third-order valence-corrected chi connectivity index (χ3v) is 4.68. The van der Waals surface area contributed by atoms with Crippen molar-refractivity contribution in [2.75, 3.05) is 25.2 Å². The van der Waals surface area contributed by atoms with Crippen LogP contribution >= 0.6 is 11.8 Å². The van der Waals surface area contributed by atoms with Crippen LogP contribution in [-0.4, -0.2) is 25.2 Å². The van der Waals surface area contributed by atoms with E-state index in [9.17, 15) is 0 Å². The van der Waals surface area contributed by atoms with Gasteiger partial charge in [-0.15, -0.1) is 0 Å². The summed E-state index contributed by atoms with van der Waals surface area (Å²) in [6, 6.07) is 6.92. The highest BCUT2D eigenvalue weighted by Crippen LogP contribution is 2.34. The minimum Gasteiger partial charge on any atom is -0.493 e. The lowest BCUT2D eigenvalue weighted by Crippen LogP contribution is -2.20. The molecule has 3 heteroatoms. The van der Waals surface area contributed by atoms with Gasteiger partial charge in [0.15, 0.2) is 0 Å². The average Bonchev–Trinajstić information content (AvgIpc) is 2.82. The summed E-state index contributed by atoms with van der Waals surface area (Å²) in [5, 5.41) is 3.42. The zero-order chi connectivity index (χ0) is 13.0. The molecular weight excluding hydrogens is 242 g/mol. The van der Waals surface area contributed by atoms with E-state index in [1.807, 2.05) is 18.8 Å². The largest absolute Gasteiger partial charge is 0.493 e. The Morgan fingerprint density at radius 1 is 1.33 bits per heavy atom. The van der Waals surface area contributed by atoms with Gasteiger partial charge in [0.05, 0.1) is 6.61 Å². The molecule has 1 atom stereocenters. The van der Waals surface area contributed by atoms with Gasteiger partial charge in [-0.3, -0.25) is 0 Å². The normalized spacial score (nSPS) is 15.6. The zero-order valence-electron chi connectivity index (χ0n) is 11.5. The highest BCUT2D eigenvalue weighted by Gasteiger charge is 2.21. The fourth-order valence-corrected chi connectivity index (χ4v) is 3.45. The maximum atomic E-state index is 5.79. The van der Waals surface area contributed by atoms with Gasteiger partial charge >= 0.3 is 0 Å². The first-order valence-corrected chi connectivity index (χ1v) is 7.87. The average molecular weight is 265 g/mol. The van der Waals surface area contributed by atoms with Crippen molar-refractivity contribution in [3.8, 4) is 5.75 Å². The molecule has 1 unspecified atom stereocenters. The number of para-hydroxylation sites is 1. The molecule has 1 aromatic rings. The van der Waals surface area contributed by atoms with Crippen LogP contribution < -0.4 is 10.1 Å². The zero-order valence-corrected chi connectivity index (χ0v) is 12.3. The molecule has 0 aliphatic carbocycles. The maximum Gasteiger partial charge on any atom is 0.127 e. The van der Waals surface area contributed by atoms with Gasteiger partial charge in [-0.1, -0.05) is 32.0 Å². The van der Waals surface area contributed by atoms with Crippen molar-refractivity contribution >= 4 is 11.8 Å². The number of thioether (sulfide) groups is 1. The highest BCUT2D eigenvalue weighted by molar-refractivity contribution is 7.99. The fraction of sp³-hybridized carbons (Fsp3) is 0.600. The van der Waals surface area contributed by atoms with E-state index in [1.165, 1.54) is 16.9 Å². The van der Waals surface area contributed by atoms with Crippen LogP contribution in [0, 0.1) is 5.92 Å². The number of benzene rings is 1. The van der Waals surface area contributed by atoms with Crippen LogP contribution in [0.4, 0.5) is 0 Å². The van der Waals surface area contributed by atoms with Gasteiger partial charge < -0.3 is 10.1 Å². The van der Waals surface area contributed by atoms with Gasteiger partial charge in [0.1, 0.15) is 5.75 Å². The summed E-state index contributed by atoms with van der Waals surface area (Å²) in [4.78, 5) is 0. The summed E-state index contributed by atoms with van der Waals surface area (Å²) >= 11 is 2.02. The van der Waals surface area contributed by atoms with E-state index in [0.29, 0.717) is 6.04 Å². The Morgan fingerprint density at radius 2 is 2.17 bits per heavy atom. The van der Waals surface area contributed by atoms with E-state index in [4.69, 9.17) is 4.74 Å². The molecule has 100 valence electrons. The second-order valence-corrected chi connectivity index (χ2v) is 6.28. The van der Waals surface area contributed by atoms with Crippen LogP contribution in [0.5, 0.6) is 5.75 Å². The summed E-state index contributed by atoms with van der Waals surface area (Å²) in [6.07, 6.45) is 1.05. The van der Waals surface area contributed by atoms with E-state index >= 15 is 0 Å². The predicted molar refractivity (Wildman–Crippen MR) is 79.6 cm³/mol. The predicted octanol–water partition coefficient (Wildman–Crippen LogP) is 3.27. The van der Waals surface area contributed by atoms with E-state index in [0.717, 1.165) is 30.4 Å². The lowest BCUT2D eigenvalue weighted by molar-refractivity contribution is 0.350. The first-order chi connectivity index (χ1) is 8.72. The summed E-state index contributed by atoms with van der Waals surface area (Å²) in [5.41, 5.74) is 2.69. The van der Waals surface area contributed by atoms with Crippen LogP contribution in [0.2, 0.25) is 0 Å². The number of nitrogens with one attached hydrogen (secondary N) is 1. The first-order valence-electron chi connectivity index (χ1n) is 6.72. The molecule has 0 bridgehead atoms. The van der Waals surface area contributed by atoms with Gasteiger partial charge in [0.2, 0.25) is 0 Å². The Morgan fingerprint density at radius 3 is 2.89 bits per heavy atom. The molecule has 1 heterocycles. The summed E-state index contributed by atoms with van der Waals surface area (Å²) in [5.74, 6) is 4.20. The minimum absolute atomic E-state index is 0.391. The number of rotatable bonds is 6. The molecule has 0 aromatic heterocycles. The molecule has 1 N–H and O–H groups in total. The molecule has 0 radical (unpaired) electrons. The Balaban J connectivity index is 2.06. The smallest absolute Gasteiger partial charge is 0.127 e. The summed E-state index contributed by atoms with van der Waals surface area (Å²) < 4.78 is 5.79. The lowest BCUT2D eigenvalue weighted by Gasteiger charge is -2.19. The van der Waals surface area contributed by atoms with Crippen LogP contribution in [0.3, 0.4) is 0 Å². The van der Waals surface area contributed by atoms with Crippen LogP contribution in [-0.2, 0) is 6.42 Å². The van der Waals surface area contributed by atoms with E-state index < -0.39 is 0 Å². The van der Waals surface area contributed by atoms with Crippen molar-refractivity contribution in [3.63, 3.8) is 0 Å². The second kappa shape index (κ2) is 6.48. The molecule has 0 saturated heterocycles. The van der Waals surface area contributed by atoms with Crippen LogP contribution in [0.25, 0.3) is 0 Å². The molecule has 0 spiro atoms. The molecule has 1 aromatic carbocycles. The van der Waals surface area contributed by atoms with Crippen molar-refractivity contribution in [2.45, 2.75) is 26.3 Å². The molecule has 0 fully saturated rings. The number of fused-ring (bicyclic) bond motifs is 1.